The number of sulfone groups is 1. The molecule has 0 N–H and O–H groups in total. The van der Waals surface area contributed by atoms with Crippen molar-refractivity contribution in [3.63, 3.8) is 0 Å². The molecule has 0 bridgehead atoms. The van der Waals surface area contributed by atoms with Crippen LogP contribution in [0.15, 0.2) is 12.7 Å². The highest BCUT2D eigenvalue weighted by Crippen LogP contribution is 2.18. The molecule has 1 saturated heterocycles. The molecule has 0 aliphatic carbocycles. The van der Waals surface area contributed by atoms with E-state index < -0.39 is 9.84 Å². The Labute approximate surface area is 120 Å². The molecule has 20 heavy (non-hydrogen) atoms. The minimum Gasteiger partial charge on any atom is -0.337 e. The Morgan fingerprint density at radius 3 is 2.45 bits per heavy atom. The SMILES string of the molecule is C=CCN(CC(=O)N(CC)C1CCS(=O)(=O)C1)C(C)=O. The minimum absolute atomic E-state index is 0.0219. The van der Waals surface area contributed by atoms with Gasteiger partial charge in [0.2, 0.25) is 11.8 Å². The van der Waals surface area contributed by atoms with Crippen molar-refractivity contribution in [1.82, 2.24) is 9.80 Å². The smallest absolute Gasteiger partial charge is 0.242 e. The molecule has 6 nitrogen and oxygen atoms in total. The van der Waals surface area contributed by atoms with Crippen molar-refractivity contribution in [1.29, 1.82) is 0 Å². The number of nitrogens with zero attached hydrogens (tertiary/aromatic N) is 2. The molecule has 1 heterocycles. The molecule has 2 amide bonds. The molecule has 1 rings (SSSR count). The van der Waals surface area contributed by atoms with Gasteiger partial charge in [-0.2, -0.15) is 0 Å². The van der Waals surface area contributed by atoms with Gasteiger partial charge < -0.3 is 9.80 Å². The van der Waals surface area contributed by atoms with Crippen LogP contribution in [0.5, 0.6) is 0 Å². The Hall–Kier alpha value is -1.37. The van der Waals surface area contributed by atoms with E-state index in [0.717, 1.165) is 0 Å². The summed E-state index contributed by atoms with van der Waals surface area (Å²) in [4.78, 5) is 26.6. The number of hydrogen-bond acceptors (Lipinski definition) is 4. The molecule has 1 aliphatic rings. The molecule has 0 saturated carbocycles. The summed E-state index contributed by atoms with van der Waals surface area (Å²) < 4.78 is 23.0. The van der Waals surface area contributed by atoms with Gasteiger partial charge in [-0.1, -0.05) is 6.08 Å². The molecule has 0 radical (unpaired) electrons. The summed E-state index contributed by atoms with van der Waals surface area (Å²) in [5.41, 5.74) is 0. The summed E-state index contributed by atoms with van der Waals surface area (Å²) in [5, 5.41) is 0. The molecule has 0 spiro atoms. The zero-order chi connectivity index (χ0) is 15.3. The first kappa shape index (κ1) is 16.7. The number of likely N-dealkylation sites (N-methyl/N-ethyl adjacent to an activating group) is 1. The zero-order valence-corrected chi connectivity index (χ0v) is 12.9. The van der Waals surface area contributed by atoms with Crippen LogP contribution in [0.3, 0.4) is 0 Å². The monoisotopic (exact) mass is 302 g/mol. The summed E-state index contributed by atoms with van der Waals surface area (Å²) in [5.74, 6) is -0.265. The van der Waals surface area contributed by atoms with E-state index in [1.165, 1.54) is 11.8 Å². The van der Waals surface area contributed by atoms with Crippen molar-refractivity contribution in [3.8, 4) is 0 Å². The maximum absolute atomic E-state index is 12.3. The molecule has 0 aromatic heterocycles. The Morgan fingerprint density at radius 1 is 1.40 bits per heavy atom. The summed E-state index contributed by atoms with van der Waals surface area (Å²) >= 11 is 0. The first-order chi connectivity index (χ1) is 9.30. The fourth-order valence-corrected chi connectivity index (χ4v) is 4.10. The molecule has 1 aliphatic heterocycles. The summed E-state index contributed by atoms with van der Waals surface area (Å²) in [6.07, 6.45) is 2.04. The lowest BCUT2D eigenvalue weighted by molar-refractivity contribution is -0.140. The number of amides is 2. The second kappa shape index (κ2) is 6.88. The molecule has 0 aromatic rings. The van der Waals surface area contributed by atoms with Gasteiger partial charge in [0.05, 0.1) is 11.5 Å². The van der Waals surface area contributed by atoms with E-state index in [1.54, 1.807) is 11.0 Å². The maximum Gasteiger partial charge on any atom is 0.242 e. The molecule has 114 valence electrons. The third-order valence-corrected chi connectivity index (χ3v) is 5.18. The Bertz CT molecular complexity index is 487. The van der Waals surface area contributed by atoms with Crippen LogP contribution in [0.2, 0.25) is 0 Å². The summed E-state index contributed by atoms with van der Waals surface area (Å²) in [7, 11) is -3.03. The Morgan fingerprint density at radius 2 is 2.05 bits per heavy atom. The van der Waals surface area contributed by atoms with Crippen molar-refractivity contribution < 1.29 is 18.0 Å². The van der Waals surface area contributed by atoms with E-state index in [-0.39, 0.29) is 35.9 Å². The first-order valence-corrected chi connectivity index (χ1v) is 8.49. The fraction of sp³-hybridized carbons (Fsp3) is 0.692. The maximum atomic E-state index is 12.3. The van der Waals surface area contributed by atoms with Crippen LogP contribution in [-0.4, -0.2) is 67.2 Å². The van der Waals surface area contributed by atoms with E-state index in [9.17, 15) is 18.0 Å². The predicted octanol–water partition coefficient (Wildman–Crippen LogP) is 0.0565. The van der Waals surface area contributed by atoms with E-state index in [0.29, 0.717) is 19.5 Å². The van der Waals surface area contributed by atoms with Crippen LogP contribution in [0, 0.1) is 0 Å². The van der Waals surface area contributed by atoms with Crippen molar-refractivity contribution in [2.75, 3.05) is 31.1 Å². The second-order valence-corrected chi connectivity index (χ2v) is 7.15. The van der Waals surface area contributed by atoms with E-state index in [4.69, 9.17) is 0 Å². The first-order valence-electron chi connectivity index (χ1n) is 6.67. The molecule has 1 unspecified atom stereocenters. The molecule has 0 aromatic carbocycles. The highest BCUT2D eigenvalue weighted by atomic mass is 32.2. The number of rotatable bonds is 6. The van der Waals surface area contributed by atoms with E-state index in [1.807, 2.05) is 6.92 Å². The van der Waals surface area contributed by atoms with Crippen LogP contribution in [0.25, 0.3) is 0 Å². The second-order valence-electron chi connectivity index (χ2n) is 4.92. The van der Waals surface area contributed by atoms with Crippen LogP contribution >= 0.6 is 0 Å². The molecular formula is C13H22N2O4S. The molecule has 1 atom stereocenters. The third-order valence-electron chi connectivity index (χ3n) is 3.43. The van der Waals surface area contributed by atoms with Crippen LogP contribution in [-0.2, 0) is 19.4 Å². The zero-order valence-electron chi connectivity index (χ0n) is 12.0. The lowest BCUT2D eigenvalue weighted by Gasteiger charge is -2.29. The summed E-state index contributed by atoms with van der Waals surface area (Å²) in [6.45, 7) is 7.48. The Kier molecular flexibility index (Phi) is 5.74. The standard InChI is InChI=1S/C13H22N2O4S/c1-4-7-14(11(3)16)9-13(17)15(5-2)12-6-8-20(18,19)10-12/h4,12H,1,5-10H2,2-3H3. The average Bonchev–Trinajstić information content (AvgIpc) is 2.69. The Balaban J connectivity index is 2.72. The number of carbonyl (C=O) groups excluding carboxylic acids is 2. The van der Waals surface area contributed by atoms with Crippen LogP contribution in [0.4, 0.5) is 0 Å². The van der Waals surface area contributed by atoms with E-state index >= 15 is 0 Å². The van der Waals surface area contributed by atoms with Gasteiger partial charge in [0.15, 0.2) is 9.84 Å². The van der Waals surface area contributed by atoms with Crippen molar-refractivity contribution in [2.24, 2.45) is 0 Å². The molecular weight excluding hydrogens is 280 g/mol. The lowest BCUT2D eigenvalue weighted by Crippen LogP contribution is -2.47. The van der Waals surface area contributed by atoms with Gasteiger partial charge in [-0.3, -0.25) is 9.59 Å². The van der Waals surface area contributed by atoms with E-state index in [2.05, 4.69) is 6.58 Å². The predicted molar refractivity (Wildman–Crippen MR) is 76.9 cm³/mol. The minimum atomic E-state index is -3.03. The van der Waals surface area contributed by atoms with Gasteiger partial charge in [0, 0.05) is 26.1 Å². The topological polar surface area (TPSA) is 74.8 Å². The molecule has 1 fully saturated rings. The van der Waals surface area contributed by atoms with Gasteiger partial charge in [0.1, 0.15) is 6.54 Å². The number of carbonyl (C=O) groups is 2. The van der Waals surface area contributed by atoms with Gasteiger partial charge in [-0.05, 0) is 13.3 Å². The average molecular weight is 302 g/mol. The van der Waals surface area contributed by atoms with Crippen molar-refractivity contribution >= 4 is 21.7 Å². The fourth-order valence-electron chi connectivity index (χ4n) is 2.37. The van der Waals surface area contributed by atoms with Crippen LogP contribution < -0.4 is 0 Å². The van der Waals surface area contributed by atoms with Gasteiger partial charge >= 0.3 is 0 Å². The van der Waals surface area contributed by atoms with Gasteiger partial charge in [0.25, 0.3) is 0 Å². The summed E-state index contributed by atoms with van der Waals surface area (Å²) in [6, 6.07) is -0.268. The third kappa shape index (κ3) is 4.33. The number of hydrogen-bond donors (Lipinski definition) is 0. The lowest BCUT2D eigenvalue weighted by atomic mass is 10.2. The van der Waals surface area contributed by atoms with Gasteiger partial charge in [-0.25, -0.2) is 8.42 Å². The normalized spacial score (nSPS) is 20.4. The van der Waals surface area contributed by atoms with Crippen molar-refractivity contribution in [3.05, 3.63) is 12.7 Å². The highest BCUT2D eigenvalue weighted by Gasteiger charge is 2.34. The highest BCUT2D eigenvalue weighted by molar-refractivity contribution is 7.91. The largest absolute Gasteiger partial charge is 0.337 e. The van der Waals surface area contributed by atoms with Crippen molar-refractivity contribution in [2.45, 2.75) is 26.3 Å². The van der Waals surface area contributed by atoms with Crippen LogP contribution in [0.1, 0.15) is 20.3 Å². The van der Waals surface area contributed by atoms with Gasteiger partial charge in [-0.15, -0.1) is 6.58 Å². The molecule has 7 heteroatoms. The quantitative estimate of drug-likeness (QED) is 0.650.